The maximum atomic E-state index is 11.5. The number of pyridine rings is 1. The van der Waals surface area contributed by atoms with E-state index >= 15 is 0 Å². The van der Waals surface area contributed by atoms with Crippen molar-refractivity contribution in [2.45, 2.75) is 51.3 Å². The summed E-state index contributed by atoms with van der Waals surface area (Å²) >= 11 is 10.5. The van der Waals surface area contributed by atoms with Crippen molar-refractivity contribution in [1.82, 2.24) is 25.0 Å². The van der Waals surface area contributed by atoms with Crippen LogP contribution in [0, 0.1) is 11.3 Å². The van der Waals surface area contributed by atoms with E-state index in [2.05, 4.69) is 49.3 Å². The van der Waals surface area contributed by atoms with Crippen LogP contribution < -0.4 is 14.8 Å². The lowest BCUT2D eigenvalue weighted by atomic mass is 10.00. The molecule has 3 heterocycles. The predicted octanol–water partition coefficient (Wildman–Crippen LogP) is 5.54. The number of rotatable bonds is 16. The molecule has 2 atom stereocenters. The molecule has 1 aliphatic heterocycles. The van der Waals surface area contributed by atoms with Crippen molar-refractivity contribution in [2.24, 2.45) is 0 Å². The zero-order chi connectivity index (χ0) is 36.6. The Morgan fingerprint density at radius 3 is 2.63 bits per heavy atom. The summed E-state index contributed by atoms with van der Waals surface area (Å²) in [6.07, 6.45) is 6.39. The molecule has 6 rings (SSSR count). The van der Waals surface area contributed by atoms with Crippen LogP contribution in [0.2, 0.25) is 5.02 Å². The van der Waals surface area contributed by atoms with Gasteiger partial charge in [-0.2, -0.15) is 10.4 Å². The maximum Gasteiger partial charge on any atom is 0.323 e. The third-order valence-electron chi connectivity index (χ3n) is 9.04. The van der Waals surface area contributed by atoms with Gasteiger partial charge in [0, 0.05) is 60.4 Å². The Morgan fingerprint density at radius 2 is 1.87 bits per heavy atom. The number of benzene rings is 3. The number of nitrogens with zero attached hydrogens (tertiary/aromatic N) is 5. The fraction of sp³-hybridized carbons (Fsp3) is 0.316. The lowest BCUT2D eigenvalue weighted by Gasteiger charge is -2.18. The van der Waals surface area contributed by atoms with Gasteiger partial charge >= 0.3 is 5.97 Å². The molecule has 0 radical (unpaired) electrons. The minimum Gasteiger partial charge on any atom is -0.487 e. The SMILES string of the molecule is N#Cc1cncc(OCc2cc(OCc3cccc(-c4cccc5c4cnn5CCCN4CC[C@@H](O)C4)c3Br)c(Cl)cc2CNC(CO)C(=O)O)c1. The molecule has 12 nitrogen and oxygen atoms in total. The molecule has 4 N–H and O–H groups in total. The Labute approximate surface area is 314 Å². The second-order valence-electron chi connectivity index (χ2n) is 12.6. The Hall–Kier alpha value is -4.55. The number of aliphatic carboxylic acids is 1. The van der Waals surface area contributed by atoms with E-state index in [0.717, 1.165) is 71.1 Å². The van der Waals surface area contributed by atoms with Crippen LogP contribution in [-0.2, 0) is 31.1 Å². The quantitative estimate of drug-likeness (QED) is 0.0993. The van der Waals surface area contributed by atoms with Crippen molar-refractivity contribution < 1.29 is 29.6 Å². The number of carboxylic acid groups (broad SMARTS) is 1. The van der Waals surface area contributed by atoms with Gasteiger partial charge in [-0.05, 0) is 69.2 Å². The number of likely N-dealkylation sites (tertiary alicyclic amines) is 1. The molecular weight excluding hydrogens is 752 g/mol. The summed E-state index contributed by atoms with van der Waals surface area (Å²) in [5.74, 6) is -0.397. The molecule has 0 spiro atoms. The summed E-state index contributed by atoms with van der Waals surface area (Å²) in [5.41, 5.74) is 5.61. The molecule has 3 aromatic carbocycles. The van der Waals surface area contributed by atoms with Gasteiger partial charge < -0.3 is 29.7 Å². The van der Waals surface area contributed by atoms with E-state index in [-0.39, 0.29) is 25.9 Å². The number of aromatic nitrogens is 3. The van der Waals surface area contributed by atoms with Gasteiger partial charge in [0.1, 0.15) is 36.8 Å². The number of hydrogen-bond acceptors (Lipinski definition) is 10. The highest BCUT2D eigenvalue weighted by atomic mass is 79.9. The number of nitriles is 1. The molecule has 52 heavy (non-hydrogen) atoms. The molecule has 14 heteroatoms. The lowest BCUT2D eigenvalue weighted by molar-refractivity contribution is -0.140. The fourth-order valence-electron chi connectivity index (χ4n) is 6.26. The van der Waals surface area contributed by atoms with Gasteiger partial charge in [-0.1, -0.05) is 41.9 Å². The number of aliphatic hydroxyl groups excluding tert-OH is 2. The minimum atomic E-state index is -1.18. The number of ether oxygens (including phenoxy) is 2. The van der Waals surface area contributed by atoms with Crippen LogP contribution >= 0.6 is 27.5 Å². The van der Waals surface area contributed by atoms with Crippen LogP contribution in [-0.4, -0.2) is 79.3 Å². The average Bonchev–Trinajstić information content (AvgIpc) is 3.77. The normalized spacial score (nSPS) is 15.1. The highest BCUT2D eigenvalue weighted by Gasteiger charge is 2.21. The summed E-state index contributed by atoms with van der Waals surface area (Å²) in [5, 5.41) is 46.9. The molecule has 0 aliphatic carbocycles. The highest BCUT2D eigenvalue weighted by Crippen LogP contribution is 2.37. The number of fused-ring (bicyclic) bond motifs is 1. The first-order chi connectivity index (χ1) is 25.2. The summed E-state index contributed by atoms with van der Waals surface area (Å²) in [4.78, 5) is 17.8. The largest absolute Gasteiger partial charge is 0.487 e. The van der Waals surface area contributed by atoms with Gasteiger partial charge in [-0.3, -0.25) is 19.8 Å². The Bertz CT molecular complexity index is 2090. The minimum absolute atomic E-state index is 0.0518. The van der Waals surface area contributed by atoms with Crippen molar-refractivity contribution in [3.05, 3.63) is 105 Å². The van der Waals surface area contributed by atoms with E-state index in [1.807, 2.05) is 35.1 Å². The molecule has 1 saturated heterocycles. The van der Waals surface area contributed by atoms with Crippen LogP contribution in [0.1, 0.15) is 35.1 Å². The van der Waals surface area contributed by atoms with Crippen molar-refractivity contribution in [2.75, 3.05) is 26.2 Å². The van der Waals surface area contributed by atoms with Gasteiger partial charge in [-0.25, -0.2) is 0 Å². The topological polar surface area (TPSA) is 166 Å². The number of nitrogens with one attached hydrogen (secondary N) is 1. The van der Waals surface area contributed by atoms with E-state index in [1.54, 1.807) is 18.2 Å². The van der Waals surface area contributed by atoms with Crippen molar-refractivity contribution >= 4 is 44.4 Å². The Balaban J connectivity index is 1.20. The third kappa shape index (κ3) is 8.90. The molecule has 0 saturated carbocycles. The summed E-state index contributed by atoms with van der Waals surface area (Å²) in [7, 11) is 0. The van der Waals surface area contributed by atoms with E-state index in [1.165, 1.54) is 12.4 Å². The average molecular weight is 790 g/mol. The van der Waals surface area contributed by atoms with Crippen LogP contribution in [0.25, 0.3) is 22.0 Å². The zero-order valence-corrected chi connectivity index (χ0v) is 30.6. The van der Waals surface area contributed by atoms with Crippen molar-refractivity contribution in [3.63, 3.8) is 0 Å². The molecule has 1 fully saturated rings. The van der Waals surface area contributed by atoms with Crippen LogP contribution in [0.15, 0.2) is 77.7 Å². The smallest absolute Gasteiger partial charge is 0.323 e. The van der Waals surface area contributed by atoms with Gasteiger partial charge in [0.2, 0.25) is 0 Å². The molecule has 0 amide bonds. The number of carbonyl (C=O) groups is 1. The number of halogens is 2. The Morgan fingerprint density at radius 1 is 1.06 bits per heavy atom. The molecule has 1 unspecified atom stereocenters. The molecular formula is C38H38BrClN6O6. The van der Waals surface area contributed by atoms with E-state index in [0.29, 0.717) is 33.2 Å². The van der Waals surface area contributed by atoms with Crippen LogP contribution in [0.4, 0.5) is 0 Å². The second-order valence-corrected chi connectivity index (χ2v) is 13.8. The lowest BCUT2D eigenvalue weighted by Crippen LogP contribution is -2.39. The number of β-amino-alcohol motifs (C(OH)–C–C–N with tert-alkyl or cyclic N) is 1. The summed E-state index contributed by atoms with van der Waals surface area (Å²) in [6.45, 7) is 3.11. The Kier molecular flexibility index (Phi) is 12.4. The second kappa shape index (κ2) is 17.3. The number of hydrogen-bond donors (Lipinski definition) is 4. The standard InChI is InChI=1S/C38H38BrClN6O6/c39-37-25(4-1-6-31(37)30-5-2-7-35-32(30)19-44-46(35)10-3-9-45-11-8-28(48)20-45)22-52-36-14-27(23-51-29-12-24(15-41)16-42-18-29)26(13-33(36)40)17-43-34(21-47)38(49)50/h1-2,4-7,12-14,16,18-19,28,34,43,47-48H,3,8-11,17,20-23H2,(H,49,50)/t28-,34?/m1/s1. The van der Waals surface area contributed by atoms with Crippen LogP contribution in [0.5, 0.6) is 11.5 Å². The fourth-order valence-corrected chi connectivity index (χ4v) is 7.09. The summed E-state index contributed by atoms with van der Waals surface area (Å²) in [6, 6.07) is 18.1. The molecule has 5 aromatic rings. The monoisotopic (exact) mass is 788 g/mol. The predicted molar refractivity (Wildman–Crippen MR) is 199 cm³/mol. The van der Waals surface area contributed by atoms with Gasteiger partial charge in [0.05, 0.1) is 41.2 Å². The zero-order valence-electron chi connectivity index (χ0n) is 28.2. The van der Waals surface area contributed by atoms with E-state index in [9.17, 15) is 25.4 Å². The number of carboxylic acids is 1. The molecule has 270 valence electrons. The van der Waals surface area contributed by atoms with E-state index in [4.69, 9.17) is 26.2 Å². The first-order valence-corrected chi connectivity index (χ1v) is 18.0. The third-order valence-corrected chi connectivity index (χ3v) is 10.3. The molecule has 1 aliphatic rings. The molecule has 2 aromatic heterocycles. The van der Waals surface area contributed by atoms with Crippen molar-refractivity contribution in [3.8, 4) is 28.7 Å². The highest BCUT2D eigenvalue weighted by molar-refractivity contribution is 9.10. The molecule has 0 bridgehead atoms. The van der Waals surface area contributed by atoms with Gasteiger partial charge in [-0.15, -0.1) is 0 Å². The number of aliphatic hydroxyl groups is 2. The number of aryl methyl sites for hydroxylation is 1. The first-order valence-electron chi connectivity index (χ1n) is 16.9. The van der Waals surface area contributed by atoms with Gasteiger partial charge in [0.25, 0.3) is 0 Å². The summed E-state index contributed by atoms with van der Waals surface area (Å²) < 4.78 is 15.1. The van der Waals surface area contributed by atoms with Crippen molar-refractivity contribution in [1.29, 1.82) is 5.26 Å². The van der Waals surface area contributed by atoms with Crippen LogP contribution in [0.3, 0.4) is 0 Å². The van der Waals surface area contributed by atoms with E-state index < -0.39 is 18.6 Å². The van der Waals surface area contributed by atoms with Gasteiger partial charge in [0.15, 0.2) is 0 Å². The first kappa shape index (κ1) is 37.2. The maximum absolute atomic E-state index is 11.5.